The Morgan fingerprint density at radius 2 is 1.29 bits per heavy atom. The van der Waals surface area contributed by atoms with Crippen molar-refractivity contribution in [3.8, 4) is 0 Å². The Kier molecular flexibility index (Phi) is 17.3. The molecular formula is C21H41BrN2. The van der Waals surface area contributed by atoms with Crippen molar-refractivity contribution in [1.82, 2.24) is 5.32 Å². The van der Waals surface area contributed by atoms with Crippen LogP contribution in [0.1, 0.15) is 96.8 Å². The molecule has 0 saturated heterocycles. The third-order valence-electron chi connectivity index (χ3n) is 5.00. The maximum atomic E-state index is 3.87. The second-order valence-electron chi connectivity index (χ2n) is 7.10. The molecule has 2 nitrogen and oxygen atoms in total. The first-order chi connectivity index (χ1) is 11.4. The van der Waals surface area contributed by atoms with Gasteiger partial charge in [0.2, 0.25) is 0 Å². The highest BCUT2D eigenvalue weighted by atomic mass is 79.9. The lowest BCUT2D eigenvalue weighted by Crippen LogP contribution is -3.00. The molecule has 0 bridgehead atoms. The van der Waals surface area contributed by atoms with Crippen molar-refractivity contribution < 1.29 is 21.6 Å². The fraction of sp³-hybridized carbons (Fsp3) is 0.857. The van der Waals surface area contributed by atoms with Crippen LogP contribution in [0, 0.1) is 0 Å². The molecule has 0 aromatic heterocycles. The molecule has 0 aliphatic carbocycles. The van der Waals surface area contributed by atoms with Gasteiger partial charge in [-0.1, -0.05) is 90.6 Å². The van der Waals surface area contributed by atoms with E-state index in [9.17, 15) is 0 Å². The van der Waals surface area contributed by atoms with Crippen LogP contribution in [0.2, 0.25) is 0 Å². The average Bonchev–Trinajstić information content (AvgIpc) is 3.02. The molecule has 0 fully saturated rings. The summed E-state index contributed by atoms with van der Waals surface area (Å²) in [6, 6.07) is 0. The van der Waals surface area contributed by atoms with Gasteiger partial charge in [0.25, 0.3) is 5.84 Å². The van der Waals surface area contributed by atoms with E-state index in [1.165, 1.54) is 102 Å². The van der Waals surface area contributed by atoms with E-state index in [-0.39, 0.29) is 17.0 Å². The van der Waals surface area contributed by atoms with E-state index in [0.29, 0.717) is 0 Å². The summed E-state index contributed by atoms with van der Waals surface area (Å²) in [5.74, 6) is 1.24. The average molecular weight is 401 g/mol. The molecule has 1 aliphatic rings. The number of halogens is 1. The van der Waals surface area contributed by atoms with Crippen LogP contribution >= 0.6 is 0 Å². The minimum absolute atomic E-state index is 0. The van der Waals surface area contributed by atoms with E-state index >= 15 is 0 Å². The molecule has 1 heterocycles. The van der Waals surface area contributed by atoms with Gasteiger partial charge in [-0.15, -0.1) is 0 Å². The zero-order valence-electron chi connectivity index (χ0n) is 16.1. The molecule has 3 heteroatoms. The molecule has 1 aliphatic heterocycles. The number of unbranched alkanes of at least 4 members (excludes halogenated alkanes) is 13. The molecule has 0 radical (unpaired) electrons. The molecule has 0 atom stereocenters. The number of rotatable bonds is 16. The normalized spacial score (nSPS) is 13.7. The Morgan fingerprint density at radius 3 is 1.75 bits per heavy atom. The van der Waals surface area contributed by atoms with Crippen LogP contribution in [0.25, 0.3) is 0 Å². The zero-order valence-corrected chi connectivity index (χ0v) is 17.7. The monoisotopic (exact) mass is 400 g/mol. The van der Waals surface area contributed by atoms with Gasteiger partial charge in [0.15, 0.2) is 0 Å². The Labute approximate surface area is 162 Å². The number of hydrogen-bond acceptors (Lipinski definition) is 1. The summed E-state index contributed by atoms with van der Waals surface area (Å²) in [7, 11) is 0. The summed E-state index contributed by atoms with van der Waals surface area (Å²) < 4.78 is 2.44. The topological polar surface area (TPSA) is 15.0 Å². The fourth-order valence-electron chi connectivity index (χ4n) is 3.48. The second-order valence-corrected chi connectivity index (χ2v) is 7.10. The van der Waals surface area contributed by atoms with E-state index in [1.54, 1.807) is 0 Å². The number of hydrogen-bond donors (Lipinski definition) is 1. The SMILES string of the molecule is C=CC1=[N+](CCCCCCCCCCCCCCCC)CCN1.[Br-]. The summed E-state index contributed by atoms with van der Waals surface area (Å²) in [5, 5.41) is 3.38. The smallest absolute Gasteiger partial charge is 0.269 e. The van der Waals surface area contributed by atoms with Gasteiger partial charge in [0.1, 0.15) is 13.1 Å². The Morgan fingerprint density at radius 1 is 0.833 bits per heavy atom. The Bertz CT molecular complexity index is 326. The summed E-state index contributed by atoms with van der Waals surface area (Å²) >= 11 is 0. The summed E-state index contributed by atoms with van der Waals surface area (Å²) in [6.07, 6.45) is 22.0. The van der Waals surface area contributed by atoms with Crippen molar-refractivity contribution in [3.63, 3.8) is 0 Å². The second kappa shape index (κ2) is 17.5. The first-order valence-corrected chi connectivity index (χ1v) is 10.4. The molecule has 0 unspecified atom stereocenters. The first-order valence-electron chi connectivity index (χ1n) is 10.4. The largest absolute Gasteiger partial charge is 1.00 e. The lowest BCUT2D eigenvalue weighted by molar-refractivity contribution is -0.517. The van der Waals surface area contributed by atoms with Crippen molar-refractivity contribution >= 4 is 5.84 Å². The van der Waals surface area contributed by atoms with Gasteiger partial charge in [0, 0.05) is 6.08 Å². The molecule has 0 aromatic carbocycles. The van der Waals surface area contributed by atoms with Gasteiger partial charge in [-0.2, -0.15) is 0 Å². The summed E-state index contributed by atoms with van der Waals surface area (Å²) in [5.41, 5.74) is 0. The molecule has 0 aromatic rings. The molecular weight excluding hydrogens is 360 g/mol. The van der Waals surface area contributed by atoms with Gasteiger partial charge < -0.3 is 17.0 Å². The molecule has 1 N–H and O–H groups in total. The van der Waals surface area contributed by atoms with Crippen LogP contribution in [0.15, 0.2) is 12.7 Å². The van der Waals surface area contributed by atoms with Gasteiger partial charge in [-0.05, 0) is 12.8 Å². The van der Waals surface area contributed by atoms with Gasteiger partial charge in [-0.25, -0.2) is 0 Å². The van der Waals surface area contributed by atoms with Crippen molar-refractivity contribution in [2.45, 2.75) is 96.8 Å². The van der Waals surface area contributed by atoms with Gasteiger partial charge in [-0.3, -0.25) is 9.89 Å². The third-order valence-corrected chi connectivity index (χ3v) is 5.00. The van der Waals surface area contributed by atoms with E-state index in [4.69, 9.17) is 0 Å². The number of nitrogens with zero attached hydrogens (tertiary/aromatic N) is 1. The van der Waals surface area contributed by atoms with Crippen molar-refractivity contribution in [1.29, 1.82) is 0 Å². The van der Waals surface area contributed by atoms with Crippen molar-refractivity contribution in [3.05, 3.63) is 12.7 Å². The van der Waals surface area contributed by atoms with Crippen molar-refractivity contribution in [2.24, 2.45) is 0 Å². The van der Waals surface area contributed by atoms with Crippen LogP contribution in [0.3, 0.4) is 0 Å². The van der Waals surface area contributed by atoms with Crippen LogP contribution in [0.5, 0.6) is 0 Å². The highest BCUT2D eigenvalue weighted by Gasteiger charge is 2.16. The number of amidine groups is 1. The van der Waals surface area contributed by atoms with Gasteiger partial charge in [0.05, 0.1) is 6.54 Å². The van der Waals surface area contributed by atoms with Crippen LogP contribution in [-0.4, -0.2) is 30.0 Å². The summed E-state index contributed by atoms with van der Waals surface area (Å²) in [6.45, 7) is 9.60. The predicted octanol–water partition coefficient (Wildman–Crippen LogP) is 2.67. The molecule has 24 heavy (non-hydrogen) atoms. The van der Waals surface area contributed by atoms with Crippen LogP contribution in [-0.2, 0) is 0 Å². The first kappa shape index (κ1) is 23.7. The quantitative estimate of drug-likeness (QED) is 0.310. The fourth-order valence-corrected chi connectivity index (χ4v) is 3.48. The van der Waals surface area contributed by atoms with Crippen LogP contribution < -0.4 is 22.3 Å². The summed E-state index contributed by atoms with van der Waals surface area (Å²) in [4.78, 5) is 0. The molecule has 1 rings (SSSR count). The minimum Gasteiger partial charge on any atom is -1.00 e. The lowest BCUT2D eigenvalue weighted by Gasteiger charge is -2.04. The highest BCUT2D eigenvalue weighted by molar-refractivity contribution is 5.88. The van der Waals surface area contributed by atoms with E-state index in [1.807, 2.05) is 6.08 Å². The van der Waals surface area contributed by atoms with E-state index < -0.39 is 0 Å². The van der Waals surface area contributed by atoms with Crippen molar-refractivity contribution in [2.75, 3.05) is 19.6 Å². The third kappa shape index (κ3) is 12.1. The van der Waals surface area contributed by atoms with E-state index in [2.05, 4.69) is 23.4 Å². The maximum absolute atomic E-state index is 3.87. The molecule has 0 spiro atoms. The Balaban J connectivity index is 0.00000529. The standard InChI is InChI=1S/C21H40N2.BrH/c1-3-5-6-7-8-9-10-11-12-13-14-15-16-17-19-23-20-18-22-21(23)4-2;/h4H,2-3,5-20H2,1H3;1H. The molecule has 0 amide bonds. The number of nitrogens with one attached hydrogen (secondary N) is 1. The molecule has 0 saturated carbocycles. The van der Waals surface area contributed by atoms with Crippen LogP contribution in [0.4, 0.5) is 0 Å². The molecule has 142 valence electrons. The lowest BCUT2D eigenvalue weighted by atomic mass is 10.0. The maximum Gasteiger partial charge on any atom is 0.269 e. The minimum atomic E-state index is 0. The Hall–Kier alpha value is -0.310. The predicted molar refractivity (Wildman–Crippen MR) is 104 cm³/mol. The highest BCUT2D eigenvalue weighted by Crippen LogP contribution is 2.13. The van der Waals surface area contributed by atoms with E-state index in [0.717, 1.165) is 13.1 Å². The van der Waals surface area contributed by atoms with Gasteiger partial charge >= 0.3 is 0 Å². The zero-order chi connectivity index (χ0) is 16.6.